The fraction of sp³-hybridized carbons (Fsp3) is 0.154. The topological polar surface area (TPSA) is 84.2 Å². The van der Waals surface area contributed by atoms with Gasteiger partial charge in [0.1, 0.15) is 11.5 Å². The predicted molar refractivity (Wildman–Crippen MR) is 79.4 cm³/mol. The van der Waals surface area contributed by atoms with E-state index in [1.807, 2.05) is 0 Å². The van der Waals surface area contributed by atoms with Crippen LogP contribution in [0.2, 0.25) is 5.02 Å². The van der Waals surface area contributed by atoms with Crippen molar-refractivity contribution in [2.45, 2.75) is 4.90 Å². The van der Waals surface area contributed by atoms with Gasteiger partial charge < -0.3 is 5.11 Å². The van der Waals surface area contributed by atoms with Crippen molar-refractivity contribution in [3.8, 4) is 11.8 Å². The molecule has 0 saturated heterocycles. The molecule has 0 aliphatic carbocycles. The lowest BCUT2D eigenvalue weighted by Gasteiger charge is -2.08. The summed E-state index contributed by atoms with van der Waals surface area (Å²) >= 11 is 5.87. The minimum absolute atomic E-state index is 0.0426. The number of aliphatic hydroxyl groups is 1. The van der Waals surface area contributed by atoms with Crippen LogP contribution in [-0.2, 0) is 17.1 Å². The molecule has 8 heteroatoms. The Kier molecular flexibility index (Phi) is 4.53. The minimum Gasteiger partial charge on any atom is -0.384 e. The molecule has 0 saturated carbocycles. The van der Waals surface area contributed by atoms with Crippen LogP contribution in [0.4, 0.5) is 5.69 Å². The maximum atomic E-state index is 12.2. The number of aromatic nitrogens is 2. The van der Waals surface area contributed by atoms with Gasteiger partial charge in [0, 0.05) is 18.3 Å². The molecule has 2 rings (SSSR count). The largest absolute Gasteiger partial charge is 0.384 e. The number of aliphatic hydroxyl groups excluding tert-OH is 1. The molecule has 0 amide bonds. The highest BCUT2D eigenvalue weighted by atomic mass is 35.5. The molecule has 21 heavy (non-hydrogen) atoms. The maximum absolute atomic E-state index is 12.2. The number of anilines is 1. The van der Waals surface area contributed by atoms with Crippen LogP contribution in [-0.4, -0.2) is 29.9 Å². The third-order valence-electron chi connectivity index (χ3n) is 2.52. The molecule has 1 aromatic carbocycles. The lowest BCUT2D eigenvalue weighted by molar-refractivity contribution is 0.350. The summed E-state index contributed by atoms with van der Waals surface area (Å²) < 4.78 is 28.3. The zero-order valence-corrected chi connectivity index (χ0v) is 12.6. The van der Waals surface area contributed by atoms with Crippen LogP contribution in [0.5, 0.6) is 0 Å². The number of nitrogens with one attached hydrogen (secondary N) is 1. The molecule has 1 heterocycles. The molecule has 0 unspecified atom stereocenters. The van der Waals surface area contributed by atoms with E-state index in [-0.39, 0.29) is 17.2 Å². The molecule has 1 aromatic heterocycles. The Bertz CT molecular complexity index is 819. The Labute approximate surface area is 127 Å². The number of hydrogen-bond acceptors (Lipinski definition) is 4. The Morgan fingerprint density at radius 2 is 2.24 bits per heavy atom. The van der Waals surface area contributed by atoms with E-state index < -0.39 is 10.0 Å². The van der Waals surface area contributed by atoms with Gasteiger partial charge in [0.05, 0.1) is 17.4 Å². The Hall–Kier alpha value is -2.01. The van der Waals surface area contributed by atoms with Crippen molar-refractivity contribution in [3.63, 3.8) is 0 Å². The summed E-state index contributed by atoms with van der Waals surface area (Å²) in [6.45, 7) is -0.332. The zero-order valence-electron chi connectivity index (χ0n) is 11.0. The van der Waals surface area contributed by atoms with E-state index >= 15 is 0 Å². The maximum Gasteiger partial charge on any atom is 0.265 e. The molecule has 0 spiro atoms. The average molecular weight is 326 g/mol. The van der Waals surface area contributed by atoms with Crippen LogP contribution >= 0.6 is 11.6 Å². The fourth-order valence-corrected chi connectivity index (χ4v) is 2.82. The third-order valence-corrected chi connectivity index (χ3v) is 4.07. The van der Waals surface area contributed by atoms with Crippen LogP contribution in [0.1, 0.15) is 5.56 Å². The Balaban J connectivity index is 2.39. The van der Waals surface area contributed by atoms with Gasteiger partial charge in [-0.05, 0) is 18.2 Å². The first kappa shape index (κ1) is 15.4. The standard InChI is InChI=1S/C13H12ClN3O3S/c1-17-9-12(8-15-17)21(19,20)16-13-5-4-11(14)7-10(13)3-2-6-18/h4-5,7-9,16,18H,6H2,1H3. The van der Waals surface area contributed by atoms with Gasteiger partial charge in [-0.1, -0.05) is 23.4 Å². The number of hydrogen-bond donors (Lipinski definition) is 2. The number of benzene rings is 1. The van der Waals surface area contributed by atoms with Gasteiger partial charge in [0.2, 0.25) is 0 Å². The average Bonchev–Trinajstić information content (AvgIpc) is 2.86. The van der Waals surface area contributed by atoms with Gasteiger partial charge in [-0.25, -0.2) is 8.42 Å². The van der Waals surface area contributed by atoms with E-state index in [0.29, 0.717) is 10.6 Å². The second kappa shape index (κ2) is 6.18. The highest BCUT2D eigenvalue weighted by Crippen LogP contribution is 2.22. The van der Waals surface area contributed by atoms with E-state index in [0.717, 1.165) is 0 Å². The molecule has 2 aromatic rings. The molecule has 0 fully saturated rings. The Morgan fingerprint density at radius 3 is 2.86 bits per heavy atom. The van der Waals surface area contributed by atoms with Crippen LogP contribution in [0, 0.1) is 11.8 Å². The van der Waals surface area contributed by atoms with Crippen molar-refractivity contribution < 1.29 is 13.5 Å². The first-order chi connectivity index (χ1) is 9.92. The van der Waals surface area contributed by atoms with Crippen molar-refractivity contribution in [1.82, 2.24) is 9.78 Å². The second-order valence-corrected chi connectivity index (χ2v) is 6.22. The van der Waals surface area contributed by atoms with Crippen molar-refractivity contribution in [3.05, 3.63) is 41.2 Å². The van der Waals surface area contributed by atoms with E-state index in [1.54, 1.807) is 13.1 Å². The van der Waals surface area contributed by atoms with Crippen LogP contribution in [0.3, 0.4) is 0 Å². The molecular formula is C13H12ClN3O3S. The van der Waals surface area contributed by atoms with E-state index in [9.17, 15) is 8.42 Å². The van der Waals surface area contributed by atoms with Gasteiger partial charge in [-0.3, -0.25) is 9.40 Å². The minimum atomic E-state index is -3.76. The summed E-state index contributed by atoms with van der Waals surface area (Å²) in [7, 11) is -2.14. The molecule has 2 N–H and O–H groups in total. The lowest BCUT2D eigenvalue weighted by Crippen LogP contribution is -2.13. The predicted octanol–water partition coefficient (Wildman–Crippen LogP) is 1.22. The quantitative estimate of drug-likeness (QED) is 0.831. The number of rotatable bonds is 3. The second-order valence-electron chi connectivity index (χ2n) is 4.11. The summed E-state index contributed by atoms with van der Waals surface area (Å²) in [6.07, 6.45) is 2.63. The molecule has 0 bridgehead atoms. The van der Waals surface area contributed by atoms with E-state index in [1.165, 1.54) is 29.2 Å². The monoisotopic (exact) mass is 325 g/mol. The summed E-state index contributed by atoms with van der Waals surface area (Å²) in [5.74, 6) is 5.11. The third kappa shape index (κ3) is 3.76. The van der Waals surface area contributed by atoms with Crippen molar-refractivity contribution in [1.29, 1.82) is 0 Å². The molecule has 0 aliphatic heterocycles. The molecule has 0 aliphatic rings. The number of sulfonamides is 1. The van der Waals surface area contributed by atoms with Gasteiger partial charge in [-0.2, -0.15) is 5.10 Å². The van der Waals surface area contributed by atoms with Gasteiger partial charge in [-0.15, -0.1) is 0 Å². The zero-order chi connectivity index (χ0) is 15.5. The van der Waals surface area contributed by atoms with Gasteiger partial charge in [0.25, 0.3) is 10.0 Å². The van der Waals surface area contributed by atoms with Gasteiger partial charge >= 0.3 is 0 Å². The fourth-order valence-electron chi connectivity index (χ4n) is 1.58. The first-order valence-electron chi connectivity index (χ1n) is 5.83. The Morgan fingerprint density at radius 1 is 1.48 bits per heavy atom. The molecular weight excluding hydrogens is 314 g/mol. The van der Waals surface area contributed by atoms with Gasteiger partial charge in [0.15, 0.2) is 0 Å². The lowest BCUT2D eigenvalue weighted by atomic mass is 10.2. The summed E-state index contributed by atoms with van der Waals surface area (Å²) in [4.78, 5) is 0.0426. The van der Waals surface area contributed by atoms with E-state index in [2.05, 4.69) is 21.7 Å². The van der Waals surface area contributed by atoms with Crippen molar-refractivity contribution >= 4 is 27.3 Å². The van der Waals surface area contributed by atoms with E-state index in [4.69, 9.17) is 16.7 Å². The number of aryl methyl sites for hydroxylation is 1. The highest BCUT2D eigenvalue weighted by Gasteiger charge is 2.17. The first-order valence-corrected chi connectivity index (χ1v) is 7.69. The summed E-state index contributed by atoms with van der Waals surface area (Å²) in [5, 5.41) is 13.0. The van der Waals surface area contributed by atoms with Crippen LogP contribution in [0.25, 0.3) is 0 Å². The molecule has 110 valence electrons. The van der Waals surface area contributed by atoms with Crippen molar-refractivity contribution in [2.24, 2.45) is 7.05 Å². The normalized spacial score (nSPS) is 10.8. The number of halogens is 1. The van der Waals surface area contributed by atoms with Crippen LogP contribution in [0.15, 0.2) is 35.5 Å². The molecule has 6 nitrogen and oxygen atoms in total. The highest BCUT2D eigenvalue weighted by molar-refractivity contribution is 7.92. The summed E-state index contributed by atoms with van der Waals surface area (Å²) in [5.41, 5.74) is 0.660. The molecule has 0 atom stereocenters. The van der Waals surface area contributed by atoms with Crippen molar-refractivity contribution in [2.75, 3.05) is 11.3 Å². The SMILES string of the molecule is Cn1cc(S(=O)(=O)Nc2ccc(Cl)cc2C#CCO)cn1. The number of nitrogens with zero attached hydrogens (tertiary/aromatic N) is 2. The summed E-state index contributed by atoms with van der Waals surface area (Å²) in [6, 6.07) is 4.58. The smallest absolute Gasteiger partial charge is 0.265 e. The van der Waals surface area contributed by atoms with Crippen LogP contribution < -0.4 is 4.72 Å². The molecule has 0 radical (unpaired) electrons.